The highest BCUT2D eigenvalue weighted by Gasteiger charge is 2.30. The van der Waals surface area contributed by atoms with Crippen molar-refractivity contribution in [2.45, 2.75) is 33.2 Å². The van der Waals surface area contributed by atoms with Gasteiger partial charge in [-0.3, -0.25) is 4.79 Å². The summed E-state index contributed by atoms with van der Waals surface area (Å²) in [6, 6.07) is 10.5. The molecule has 1 heterocycles. The van der Waals surface area contributed by atoms with Crippen LogP contribution in [0.3, 0.4) is 0 Å². The Morgan fingerprint density at radius 3 is 2.33 bits per heavy atom. The predicted octanol–water partition coefficient (Wildman–Crippen LogP) is 2.46. The topological polar surface area (TPSA) is 52.0 Å². The van der Waals surface area contributed by atoms with Crippen molar-refractivity contribution in [3.8, 4) is 11.5 Å². The Morgan fingerprint density at radius 2 is 1.70 bits per heavy atom. The molecule has 0 radical (unpaired) electrons. The van der Waals surface area contributed by atoms with Gasteiger partial charge in [-0.2, -0.15) is 0 Å². The summed E-state index contributed by atoms with van der Waals surface area (Å²) in [5.74, 6) is 1.55. The second-order valence-electron chi connectivity index (χ2n) is 7.39. The van der Waals surface area contributed by atoms with E-state index in [4.69, 9.17) is 9.47 Å². The molecule has 2 atom stereocenters. The van der Waals surface area contributed by atoms with Crippen molar-refractivity contribution in [3.05, 3.63) is 52.6 Å². The van der Waals surface area contributed by atoms with Crippen molar-refractivity contribution in [2.24, 2.45) is 0 Å². The van der Waals surface area contributed by atoms with E-state index in [1.165, 1.54) is 16.0 Å². The third kappa shape index (κ3) is 4.25. The van der Waals surface area contributed by atoms with Gasteiger partial charge in [0.05, 0.1) is 20.8 Å². The molecule has 0 aliphatic carbocycles. The highest BCUT2D eigenvalue weighted by atomic mass is 16.5. The zero-order valence-corrected chi connectivity index (χ0v) is 16.8. The number of hydrogen-bond acceptors (Lipinski definition) is 3. The molecule has 0 bridgehead atoms. The maximum atomic E-state index is 12.6. The minimum Gasteiger partial charge on any atom is -0.493 e. The maximum Gasteiger partial charge on any atom is 0.279 e. The molecule has 1 unspecified atom stereocenters. The van der Waals surface area contributed by atoms with Crippen LogP contribution in [0.4, 0.5) is 5.69 Å². The molecule has 0 aromatic heterocycles. The molecule has 2 N–H and O–H groups in total. The van der Waals surface area contributed by atoms with Crippen LogP contribution in [-0.4, -0.2) is 33.2 Å². The molecule has 27 heavy (non-hydrogen) atoms. The van der Waals surface area contributed by atoms with Crippen LogP contribution in [0.2, 0.25) is 0 Å². The number of rotatable bonds is 5. The first-order chi connectivity index (χ1) is 12.9. The summed E-state index contributed by atoms with van der Waals surface area (Å²) in [5, 5.41) is 3.05. The number of ether oxygens (including phenoxy) is 2. The average Bonchev–Trinajstić information content (AvgIpc) is 2.62. The quantitative estimate of drug-likeness (QED) is 0.851. The number of benzene rings is 2. The van der Waals surface area contributed by atoms with Gasteiger partial charge in [0.1, 0.15) is 6.04 Å². The van der Waals surface area contributed by atoms with E-state index in [2.05, 4.69) is 30.4 Å². The van der Waals surface area contributed by atoms with E-state index in [1.54, 1.807) is 14.2 Å². The van der Waals surface area contributed by atoms with E-state index < -0.39 is 0 Å². The number of amides is 1. The molecule has 144 valence electrons. The highest BCUT2D eigenvalue weighted by Crippen LogP contribution is 2.33. The first-order valence-electron chi connectivity index (χ1n) is 9.38. The number of carbonyl (C=O) groups is 1. The van der Waals surface area contributed by atoms with Crippen LogP contribution >= 0.6 is 0 Å². The average molecular weight is 369 g/mol. The van der Waals surface area contributed by atoms with E-state index in [1.807, 2.05) is 26.0 Å². The van der Waals surface area contributed by atoms with Crippen LogP contribution < -0.4 is 19.7 Å². The van der Waals surface area contributed by atoms with Crippen molar-refractivity contribution < 1.29 is 19.2 Å². The summed E-state index contributed by atoms with van der Waals surface area (Å²) in [6.07, 6.45) is 0.923. The Hall–Kier alpha value is -2.53. The normalized spacial score (nSPS) is 18.6. The van der Waals surface area contributed by atoms with Gasteiger partial charge in [-0.25, -0.2) is 0 Å². The Kier molecular flexibility index (Phi) is 5.71. The van der Waals surface area contributed by atoms with Gasteiger partial charge in [0, 0.05) is 17.7 Å². The Morgan fingerprint density at radius 1 is 1.07 bits per heavy atom. The second kappa shape index (κ2) is 8.01. The number of fused-ring (bicyclic) bond motifs is 1. The predicted molar refractivity (Wildman–Crippen MR) is 107 cm³/mol. The fourth-order valence-electron chi connectivity index (χ4n) is 3.99. The number of nitrogens with one attached hydrogen (secondary N) is 2. The van der Waals surface area contributed by atoms with Crippen molar-refractivity contribution >= 4 is 11.6 Å². The second-order valence-corrected chi connectivity index (χ2v) is 7.39. The molecule has 0 fully saturated rings. The summed E-state index contributed by atoms with van der Waals surface area (Å²) >= 11 is 0. The molecule has 1 aliphatic heterocycles. The molecule has 2 aromatic carbocycles. The van der Waals surface area contributed by atoms with Crippen molar-refractivity contribution in [3.63, 3.8) is 0 Å². The molecular formula is C22H29N2O3+. The minimum atomic E-state index is 0.0470. The Labute approximate surface area is 161 Å². The van der Waals surface area contributed by atoms with Gasteiger partial charge in [-0.05, 0) is 61.7 Å². The lowest BCUT2D eigenvalue weighted by Gasteiger charge is -2.32. The van der Waals surface area contributed by atoms with Gasteiger partial charge in [0.15, 0.2) is 18.0 Å². The fourth-order valence-corrected chi connectivity index (χ4v) is 3.99. The van der Waals surface area contributed by atoms with Crippen LogP contribution in [0.5, 0.6) is 11.5 Å². The Bertz CT molecular complexity index is 827. The molecular weight excluding hydrogens is 340 g/mol. The van der Waals surface area contributed by atoms with E-state index in [0.29, 0.717) is 6.54 Å². The molecule has 1 amide bonds. The third-order valence-electron chi connectivity index (χ3n) is 5.33. The van der Waals surface area contributed by atoms with E-state index in [0.717, 1.165) is 41.3 Å². The monoisotopic (exact) mass is 369 g/mol. The van der Waals surface area contributed by atoms with Crippen LogP contribution in [-0.2, 0) is 11.2 Å². The molecule has 5 nitrogen and oxygen atoms in total. The van der Waals surface area contributed by atoms with E-state index in [-0.39, 0.29) is 11.9 Å². The first-order valence-corrected chi connectivity index (χ1v) is 9.38. The summed E-state index contributed by atoms with van der Waals surface area (Å²) in [5.41, 5.74) is 5.68. The zero-order valence-electron chi connectivity index (χ0n) is 16.8. The number of quaternary nitrogens is 1. The molecule has 0 spiro atoms. The summed E-state index contributed by atoms with van der Waals surface area (Å²) in [6.45, 7) is 7.62. The van der Waals surface area contributed by atoms with Crippen molar-refractivity contribution in [2.75, 3.05) is 32.6 Å². The lowest BCUT2D eigenvalue weighted by atomic mass is 9.93. The first kappa shape index (κ1) is 19.2. The van der Waals surface area contributed by atoms with Gasteiger partial charge >= 0.3 is 0 Å². The number of hydrogen-bond donors (Lipinski definition) is 2. The van der Waals surface area contributed by atoms with E-state index >= 15 is 0 Å². The number of carbonyl (C=O) groups excluding carboxylic acids is 1. The molecule has 0 saturated heterocycles. The molecule has 0 saturated carbocycles. The third-order valence-corrected chi connectivity index (χ3v) is 5.33. The molecule has 5 heteroatoms. The molecule has 3 rings (SSSR count). The smallest absolute Gasteiger partial charge is 0.279 e. The number of aryl methyl sites for hydroxylation is 2. The van der Waals surface area contributed by atoms with Crippen molar-refractivity contribution in [1.82, 2.24) is 0 Å². The summed E-state index contributed by atoms with van der Waals surface area (Å²) in [7, 11) is 3.31. The SMILES string of the molecule is COc1cc2c(cc1OC)[C@@H](C)[NH+](CC(=O)Nc1cc(C)cc(C)c1)CC2. The van der Waals surface area contributed by atoms with Gasteiger partial charge in [-0.1, -0.05) is 6.07 Å². The van der Waals surface area contributed by atoms with Crippen molar-refractivity contribution in [1.29, 1.82) is 0 Å². The van der Waals surface area contributed by atoms with Crippen LogP contribution in [0.25, 0.3) is 0 Å². The summed E-state index contributed by atoms with van der Waals surface area (Å²) < 4.78 is 10.9. The maximum absolute atomic E-state index is 12.6. The highest BCUT2D eigenvalue weighted by molar-refractivity contribution is 5.91. The van der Waals surface area contributed by atoms with Gasteiger partial charge in [-0.15, -0.1) is 0 Å². The van der Waals surface area contributed by atoms with Gasteiger partial charge < -0.3 is 19.7 Å². The van der Waals surface area contributed by atoms with Gasteiger partial charge in [0.25, 0.3) is 5.91 Å². The lowest BCUT2D eigenvalue weighted by molar-refractivity contribution is -0.924. The van der Waals surface area contributed by atoms with Gasteiger partial charge in [0.2, 0.25) is 0 Å². The number of anilines is 1. The van der Waals surface area contributed by atoms with E-state index in [9.17, 15) is 4.79 Å². The summed E-state index contributed by atoms with van der Waals surface area (Å²) in [4.78, 5) is 13.9. The molecule has 1 aliphatic rings. The minimum absolute atomic E-state index is 0.0470. The largest absolute Gasteiger partial charge is 0.493 e. The standard InChI is InChI=1S/C22H28N2O3/c1-14-8-15(2)10-18(9-14)23-22(25)13-24-7-6-17-11-20(26-4)21(27-5)12-19(17)16(24)3/h8-12,16H,6-7,13H2,1-5H3,(H,23,25)/p+1/t16-/m1/s1. The molecule has 2 aromatic rings. The zero-order chi connectivity index (χ0) is 19.6. The Balaban J connectivity index is 1.73. The number of methoxy groups -OCH3 is 2. The lowest BCUT2D eigenvalue weighted by Crippen LogP contribution is -3.14. The fraction of sp³-hybridized carbons (Fsp3) is 0.409. The van der Waals surface area contributed by atoms with Crippen LogP contribution in [0.1, 0.15) is 35.2 Å². The van der Waals surface area contributed by atoms with Crippen LogP contribution in [0.15, 0.2) is 30.3 Å². The van der Waals surface area contributed by atoms with Crippen LogP contribution in [0, 0.1) is 13.8 Å².